The van der Waals surface area contributed by atoms with Gasteiger partial charge in [0.05, 0.1) is 6.54 Å². The lowest BCUT2D eigenvalue weighted by atomic mass is 10.1. The average Bonchev–Trinajstić information content (AvgIpc) is 2.75. The predicted molar refractivity (Wildman–Crippen MR) is 127 cm³/mol. The molecule has 0 heterocycles. The third-order valence-corrected chi connectivity index (χ3v) is 5.35. The molecule has 0 aliphatic rings. The van der Waals surface area contributed by atoms with Crippen molar-refractivity contribution in [2.45, 2.75) is 33.3 Å². The molecular weight excluding hydrogens is 421 g/mol. The first kappa shape index (κ1) is 24.3. The summed E-state index contributed by atoms with van der Waals surface area (Å²) >= 11 is 0. The van der Waals surface area contributed by atoms with Gasteiger partial charge in [-0.2, -0.15) is 0 Å². The summed E-state index contributed by atoms with van der Waals surface area (Å²) in [6, 6.07) is 17.7. The Kier molecular flexibility index (Phi) is 8.06. The van der Waals surface area contributed by atoms with Crippen molar-refractivity contribution in [3.63, 3.8) is 0 Å². The van der Waals surface area contributed by atoms with Crippen LogP contribution in [-0.4, -0.2) is 36.1 Å². The number of rotatable bonds is 10. The summed E-state index contributed by atoms with van der Waals surface area (Å²) in [7, 11) is 1.75. The van der Waals surface area contributed by atoms with Crippen molar-refractivity contribution >= 4 is 5.97 Å². The van der Waals surface area contributed by atoms with Gasteiger partial charge in [-0.1, -0.05) is 29.8 Å². The van der Waals surface area contributed by atoms with Crippen LogP contribution in [0.25, 0.3) is 0 Å². The van der Waals surface area contributed by atoms with Gasteiger partial charge in [-0.05, 0) is 80.9 Å². The maximum atomic E-state index is 13.4. The molecule has 1 unspecified atom stereocenters. The topological polar surface area (TPSA) is 59.0 Å². The van der Waals surface area contributed by atoms with Gasteiger partial charge in [0.2, 0.25) is 0 Å². The van der Waals surface area contributed by atoms with E-state index in [-0.39, 0.29) is 18.5 Å². The lowest BCUT2D eigenvalue weighted by molar-refractivity contribution is -0.138. The van der Waals surface area contributed by atoms with Gasteiger partial charge in [0.15, 0.2) is 0 Å². The summed E-state index contributed by atoms with van der Waals surface area (Å²) in [5, 5.41) is 8.98. The van der Waals surface area contributed by atoms with Crippen LogP contribution in [0.4, 0.5) is 4.39 Å². The van der Waals surface area contributed by atoms with Crippen LogP contribution >= 0.6 is 0 Å². The third kappa shape index (κ3) is 7.05. The molecule has 0 aliphatic carbocycles. The largest absolute Gasteiger partial charge is 0.486 e. The fourth-order valence-electron chi connectivity index (χ4n) is 3.81. The van der Waals surface area contributed by atoms with Crippen molar-refractivity contribution in [3.8, 4) is 17.2 Å². The van der Waals surface area contributed by atoms with Crippen molar-refractivity contribution in [2.24, 2.45) is 0 Å². The summed E-state index contributed by atoms with van der Waals surface area (Å²) in [6.45, 7) is 6.58. The van der Waals surface area contributed by atoms with E-state index in [1.165, 1.54) is 17.7 Å². The summed E-state index contributed by atoms with van der Waals surface area (Å²) in [5.41, 5.74) is 4.18. The lowest BCUT2D eigenvalue weighted by Gasteiger charge is -2.23. The number of aryl methyl sites for hydroxylation is 3. The molecule has 0 saturated heterocycles. The van der Waals surface area contributed by atoms with Crippen LogP contribution in [0.15, 0.2) is 60.7 Å². The summed E-state index contributed by atoms with van der Waals surface area (Å²) < 4.78 is 25.7. The highest BCUT2D eigenvalue weighted by Gasteiger charge is 2.16. The molecule has 3 aromatic carbocycles. The van der Waals surface area contributed by atoms with E-state index in [4.69, 9.17) is 14.6 Å². The van der Waals surface area contributed by atoms with Crippen molar-refractivity contribution in [1.29, 1.82) is 0 Å². The normalized spacial score (nSPS) is 11.9. The monoisotopic (exact) mass is 451 g/mol. The van der Waals surface area contributed by atoms with E-state index in [1.807, 2.05) is 38.1 Å². The van der Waals surface area contributed by atoms with Gasteiger partial charge in [0, 0.05) is 13.0 Å². The Hall–Kier alpha value is -3.38. The minimum atomic E-state index is -0.883. The number of hydrogen-bond donors (Lipinski definition) is 1. The predicted octanol–water partition coefficient (Wildman–Crippen LogP) is 6.07. The number of aliphatic carboxylic acids is 1. The Balaban J connectivity index is 1.72. The molecule has 0 fully saturated rings. The highest BCUT2D eigenvalue weighted by molar-refractivity contribution is 5.69. The second-order valence-electron chi connectivity index (χ2n) is 8.38. The van der Waals surface area contributed by atoms with Crippen LogP contribution in [0.2, 0.25) is 0 Å². The first-order valence-corrected chi connectivity index (χ1v) is 10.9. The second kappa shape index (κ2) is 11.0. The molecule has 3 rings (SSSR count). The number of hydrogen-bond acceptors (Lipinski definition) is 4. The third-order valence-electron chi connectivity index (χ3n) is 5.35. The lowest BCUT2D eigenvalue weighted by Crippen LogP contribution is -2.28. The van der Waals surface area contributed by atoms with Crippen LogP contribution in [0.3, 0.4) is 0 Å². The minimum absolute atomic E-state index is 0.0555. The fraction of sp³-hybridized carbons (Fsp3) is 0.296. The molecule has 33 heavy (non-hydrogen) atoms. The SMILES string of the molecule is Cc1cc(C)c(Oc2ccc(OC(CCN(C)CC(=O)O)c3ccc(F)cc3)cc2)c(C)c1. The Labute approximate surface area is 194 Å². The van der Waals surface area contributed by atoms with Gasteiger partial charge in [0.1, 0.15) is 29.2 Å². The number of halogens is 1. The van der Waals surface area contributed by atoms with E-state index in [1.54, 1.807) is 24.1 Å². The molecule has 6 heteroatoms. The standard InChI is InChI=1S/C27H30FNO4/c1-18-15-19(2)27(20(3)16-18)33-24-11-9-23(10-12-24)32-25(13-14-29(4)17-26(30)31)21-5-7-22(28)8-6-21/h5-12,15-16,25H,13-14,17H2,1-4H3,(H,30,31). The number of carboxylic acids is 1. The fourth-order valence-corrected chi connectivity index (χ4v) is 3.81. The Morgan fingerprint density at radius 2 is 1.55 bits per heavy atom. The number of nitrogens with zero attached hydrogens (tertiary/aromatic N) is 1. The number of carboxylic acid groups (broad SMARTS) is 1. The van der Waals surface area contributed by atoms with Gasteiger partial charge in [-0.3, -0.25) is 9.69 Å². The Morgan fingerprint density at radius 1 is 0.970 bits per heavy atom. The van der Waals surface area contributed by atoms with E-state index >= 15 is 0 Å². The van der Waals surface area contributed by atoms with Crippen LogP contribution in [0.1, 0.15) is 34.8 Å². The van der Waals surface area contributed by atoms with E-state index in [9.17, 15) is 9.18 Å². The zero-order valence-corrected chi connectivity index (χ0v) is 19.5. The smallest absolute Gasteiger partial charge is 0.317 e. The number of benzene rings is 3. The molecule has 0 amide bonds. The van der Waals surface area contributed by atoms with Gasteiger partial charge in [-0.15, -0.1) is 0 Å². The molecular formula is C27H30FNO4. The Bertz CT molecular complexity index is 1060. The van der Waals surface area contributed by atoms with E-state index in [0.29, 0.717) is 24.5 Å². The van der Waals surface area contributed by atoms with E-state index in [2.05, 4.69) is 19.1 Å². The molecule has 1 N–H and O–H groups in total. The number of carbonyl (C=O) groups is 1. The molecule has 0 aliphatic heterocycles. The molecule has 0 saturated carbocycles. The molecule has 0 spiro atoms. The van der Waals surface area contributed by atoms with Gasteiger partial charge in [-0.25, -0.2) is 4.39 Å². The van der Waals surface area contributed by atoms with Gasteiger partial charge >= 0.3 is 5.97 Å². The molecule has 0 bridgehead atoms. The summed E-state index contributed by atoms with van der Waals surface area (Å²) in [4.78, 5) is 12.7. The second-order valence-corrected chi connectivity index (χ2v) is 8.38. The van der Waals surface area contributed by atoms with E-state index in [0.717, 1.165) is 22.4 Å². The molecule has 5 nitrogen and oxygen atoms in total. The van der Waals surface area contributed by atoms with Crippen LogP contribution in [0, 0.1) is 26.6 Å². The first-order valence-electron chi connectivity index (χ1n) is 10.9. The van der Waals surface area contributed by atoms with Crippen LogP contribution < -0.4 is 9.47 Å². The highest BCUT2D eigenvalue weighted by atomic mass is 19.1. The maximum Gasteiger partial charge on any atom is 0.317 e. The molecule has 3 aromatic rings. The molecule has 1 atom stereocenters. The summed E-state index contributed by atoms with van der Waals surface area (Å²) in [5.74, 6) is 1.00. The average molecular weight is 452 g/mol. The zero-order chi connectivity index (χ0) is 24.0. The van der Waals surface area contributed by atoms with Crippen molar-refractivity contribution < 1.29 is 23.8 Å². The van der Waals surface area contributed by atoms with Crippen LogP contribution in [-0.2, 0) is 4.79 Å². The van der Waals surface area contributed by atoms with Crippen LogP contribution in [0.5, 0.6) is 17.2 Å². The molecule has 0 radical (unpaired) electrons. The highest BCUT2D eigenvalue weighted by Crippen LogP contribution is 2.32. The van der Waals surface area contributed by atoms with Gasteiger partial charge < -0.3 is 14.6 Å². The van der Waals surface area contributed by atoms with Crippen molar-refractivity contribution in [2.75, 3.05) is 20.1 Å². The van der Waals surface area contributed by atoms with Gasteiger partial charge in [0.25, 0.3) is 0 Å². The Morgan fingerprint density at radius 3 is 2.12 bits per heavy atom. The first-order chi connectivity index (χ1) is 15.7. The summed E-state index contributed by atoms with van der Waals surface area (Å²) in [6.07, 6.45) is 0.199. The van der Waals surface area contributed by atoms with Crippen molar-refractivity contribution in [1.82, 2.24) is 4.90 Å². The number of ether oxygens (including phenoxy) is 2. The minimum Gasteiger partial charge on any atom is -0.486 e. The van der Waals surface area contributed by atoms with E-state index < -0.39 is 5.97 Å². The quantitative estimate of drug-likeness (QED) is 0.405. The zero-order valence-electron chi connectivity index (χ0n) is 19.5. The number of likely N-dealkylation sites (N-methyl/N-ethyl adjacent to an activating group) is 1. The molecule has 174 valence electrons. The maximum absolute atomic E-state index is 13.4. The molecule has 0 aromatic heterocycles. The van der Waals surface area contributed by atoms with Crippen molar-refractivity contribution in [3.05, 3.63) is 88.7 Å².